The molecular weight excluding hydrogens is 374 g/mol. The molecule has 0 saturated carbocycles. The maximum absolute atomic E-state index is 12.2. The first-order chi connectivity index (χ1) is 14.5. The fraction of sp³-hybridized carbons (Fsp3) is 0.280. The molecule has 0 saturated heterocycles. The summed E-state index contributed by atoms with van der Waals surface area (Å²) in [6, 6.07) is 16.3. The number of aromatic nitrogens is 2. The number of carbonyl (C=O) groups is 1. The summed E-state index contributed by atoms with van der Waals surface area (Å²) in [5, 5.41) is 7.58. The molecule has 1 heterocycles. The van der Waals surface area contributed by atoms with Gasteiger partial charge in [-0.3, -0.25) is 9.48 Å². The summed E-state index contributed by atoms with van der Waals surface area (Å²) in [5.74, 6) is 0.730. The van der Waals surface area contributed by atoms with E-state index in [0.717, 1.165) is 41.2 Å². The van der Waals surface area contributed by atoms with Crippen molar-refractivity contribution in [3.8, 4) is 5.75 Å². The van der Waals surface area contributed by atoms with E-state index in [1.807, 2.05) is 48.9 Å². The molecule has 0 bridgehead atoms. The molecule has 1 amide bonds. The summed E-state index contributed by atoms with van der Waals surface area (Å²) in [6.45, 7) is 7.39. The fourth-order valence-corrected chi connectivity index (χ4v) is 3.31. The molecule has 0 aliphatic rings. The molecule has 3 rings (SSSR count). The molecule has 30 heavy (non-hydrogen) atoms. The van der Waals surface area contributed by atoms with Crippen molar-refractivity contribution in [2.75, 3.05) is 13.7 Å². The molecular formula is C25H29N3O2. The van der Waals surface area contributed by atoms with E-state index in [9.17, 15) is 4.79 Å². The molecule has 1 aromatic heterocycles. The molecule has 0 aliphatic carbocycles. The van der Waals surface area contributed by atoms with E-state index in [1.165, 1.54) is 11.1 Å². The Hall–Kier alpha value is -3.34. The van der Waals surface area contributed by atoms with Crippen LogP contribution in [0.25, 0.3) is 6.08 Å². The van der Waals surface area contributed by atoms with Crippen LogP contribution in [0.4, 0.5) is 0 Å². The number of rotatable bonds is 8. The third kappa shape index (κ3) is 5.60. The Balaban J connectivity index is 1.56. The van der Waals surface area contributed by atoms with E-state index < -0.39 is 0 Å². The van der Waals surface area contributed by atoms with Crippen molar-refractivity contribution < 1.29 is 9.53 Å². The predicted octanol–water partition coefficient (Wildman–Crippen LogP) is 4.24. The molecule has 0 atom stereocenters. The van der Waals surface area contributed by atoms with Crippen LogP contribution in [0.3, 0.4) is 0 Å². The van der Waals surface area contributed by atoms with Crippen LogP contribution >= 0.6 is 0 Å². The van der Waals surface area contributed by atoms with Crippen LogP contribution in [-0.4, -0.2) is 29.3 Å². The highest BCUT2D eigenvalue weighted by Crippen LogP contribution is 2.17. The fourth-order valence-electron chi connectivity index (χ4n) is 3.31. The van der Waals surface area contributed by atoms with Gasteiger partial charge in [-0.2, -0.15) is 5.10 Å². The topological polar surface area (TPSA) is 56.1 Å². The lowest BCUT2D eigenvalue weighted by Crippen LogP contribution is -2.23. The normalized spacial score (nSPS) is 11.1. The molecule has 0 spiro atoms. The molecule has 0 fully saturated rings. The number of nitrogens with one attached hydrogen (secondary N) is 1. The van der Waals surface area contributed by atoms with Crippen molar-refractivity contribution in [2.24, 2.45) is 0 Å². The number of benzene rings is 2. The van der Waals surface area contributed by atoms with Crippen molar-refractivity contribution in [2.45, 2.75) is 33.7 Å². The lowest BCUT2D eigenvalue weighted by atomic mass is 10.1. The Morgan fingerprint density at radius 3 is 2.37 bits per heavy atom. The number of amides is 1. The van der Waals surface area contributed by atoms with E-state index in [1.54, 1.807) is 13.2 Å². The number of aryl methyl sites for hydroxylation is 2. The minimum atomic E-state index is -0.103. The first-order valence-electron chi connectivity index (χ1n) is 10.1. The Kier molecular flexibility index (Phi) is 7.07. The number of ether oxygens (including phenoxy) is 1. The van der Waals surface area contributed by atoms with Gasteiger partial charge in [-0.15, -0.1) is 0 Å². The zero-order chi connectivity index (χ0) is 21.5. The SMILES string of the molecule is COc1ccc(CCNC(=O)/C=C/c2c(C)nn(Cc3ccc(C)cc3)c2C)cc1. The molecule has 5 nitrogen and oxygen atoms in total. The van der Waals surface area contributed by atoms with Gasteiger partial charge in [-0.05, 0) is 56.5 Å². The van der Waals surface area contributed by atoms with Gasteiger partial charge in [-0.1, -0.05) is 42.0 Å². The van der Waals surface area contributed by atoms with Gasteiger partial charge >= 0.3 is 0 Å². The second kappa shape index (κ2) is 9.92. The number of nitrogens with zero attached hydrogens (tertiary/aromatic N) is 2. The van der Waals surface area contributed by atoms with Crippen LogP contribution in [0.5, 0.6) is 5.75 Å². The molecule has 0 aliphatic heterocycles. The van der Waals surface area contributed by atoms with Gasteiger partial charge in [0.25, 0.3) is 0 Å². The summed E-state index contributed by atoms with van der Waals surface area (Å²) in [7, 11) is 1.65. The minimum Gasteiger partial charge on any atom is -0.497 e. The second-order valence-corrected chi connectivity index (χ2v) is 7.45. The molecule has 2 aromatic carbocycles. The molecule has 0 radical (unpaired) electrons. The van der Waals surface area contributed by atoms with Gasteiger partial charge in [0, 0.05) is 23.9 Å². The lowest BCUT2D eigenvalue weighted by molar-refractivity contribution is -0.116. The monoisotopic (exact) mass is 403 g/mol. The van der Waals surface area contributed by atoms with Crippen molar-refractivity contribution in [1.82, 2.24) is 15.1 Å². The van der Waals surface area contributed by atoms with E-state index in [-0.39, 0.29) is 5.91 Å². The zero-order valence-corrected chi connectivity index (χ0v) is 18.1. The van der Waals surface area contributed by atoms with Crippen molar-refractivity contribution in [1.29, 1.82) is 0 Å². The Morgan fingerprint density at radius 2 is 1.70 bits per heavy atom. The average molecular weight is 404 g/mol. The number of carbonyl (C=O) groups excluding carboxylic acids is 1. The largest absolute Gasteiger partial charge is 0.497 e. The van der Waals surface area contributed by atoms with E-state index in [2.05, 4.69) is 41.6 Å². The Labute approximate surface area is 178 Å². The number of hydrogen-bond acceptors (Lipinski definition) is 3. The summed E-state index contributed by atoms with van der Waals surface area (Å²) < 4.78 is 7.15. The summed E-state index contributed by atoms with van der Waals surface area (Å²) >= 11 is 0. The number of hydrogen-bond donors (Lipinski definition) is 1. The average Bonchev–Trinajstić information content (AvgIpc) is 3.01. The van der Waals surface area contributed by atoms with Gasteiger partial charge in [0.05, 0.1) is 19.3 Å². The molecule has 0 unspecified atom stereocenters. The second-order valence-electron chi connectivity index (χ2n) is 7.45. The lowest BCUT2D eigenvalue weighted by Gasteiger charge is -2.05. The van der Waals surface area contributed by atoms with Crippen LogP contribution in [0.1, 0.15) is 33.6 Å². The smallest absolute Gasteiger partial charge is 0.244 e. The van der Waals surface area contributed by atoms with Crippen LogP contribution < -0.4 is 10.1 Å². The van der Waals surface area contributed by atoms with Crippen molar-refractivity contribution in [3.63, 3.8) is 0 Å². The maximum atomic E-state index is 12.2. The van der Waals surface area contributed by atoms with Gasteiger partial charge in [0.1, 0.15) is 5.75 Å². The minimum absolute atomic E-state index is 0.103. The first-order valence-corrected chi connectivity index (χ1v) is 10.1. The quantitative estimate of drug-likeness (QED) is 0.573. The zero-order valence-electron chi connectivity index (χ0n) is 18.1. The number of methoxy groups -OCH3 is 1. The molecule has 5 heteroatoms. The van der Waals surface area contributed by atoms with Gasteiger partial charge in [0.15, 0.2) is 0 Å². The summed E-state index contributed by atoms with van der Waals surface area (Å²) in [6.07, 6.45) is 4.21. The highest BCUT2D eigenvalue weighted by Gasteiger charge is 2.10. The van der Waals surface area contributed by atoms with E-state index >= 15 is 0 Å². The Bertz CT molecular complexity index is 1020. The van der Waals surface area contributed by atoms with Gasteiger partial charge in [-0.25, -0.2) is 0 Å². The van der Waals surface area contributed by atoms with Crippen LogP contribution in [0.2, 0.25) is 0 Å². The molecule has 1 N–H and O–H groups in total. The van der Waals surface area contributed by atoms with E-state index in [0.29, 0.717) is 6.54 Å². The summed E-state index contributed by atoms with van der Waals surface area (Å²) in [5.41, 5.74) is 6.57. The standard InChI is InChI=1S/C25H29N3O2/c1-18-5-7-22(8-6-18)17-28-20(3)24(19(2)27-28)13-14-25(29)26-16-15-21-9-11-23(30-4)12-10-21/h5-14H,15-17H2,1-4H3,(H,26,29)/b14-13+. The van der Waals surface area contributed by atoms with Crippen LogP contribution in [-0.2, 0) is 17.8 Å². The maximum Gasteiger partial charge on any atom is 0.244 e. The Morgan fingerprint density at radius 1 is 1.03 bits per heavy atom. The van der Waals surface area contributed by atoms with Gasteiger partial charge in [0.2, 0.25) is 5.91 Å². The van der Waals surface area contributed by atoms with E-state index in [4.69, 9.17) is 4.74 Å². The van der Waals surface area contributed by atoms with Crippen molar-refractivity contribution >= 4 is 12.0 Å². The van der Waals surface area contributed by atoms with Crippen LogP contribution in [0.15, 0.2) is 54.6 Å². The van der Waals surface area contributed by atoms with Crippen LogP contribution in [0, 0.1) is 20.8 Å². The van der Waals surface area contributed by atoms with Crippen molar-refractivity contribution in [3.05, 3.63) is 88.2 Å². The third-order valence-corrected chi connectivity index (χ3v) is 5.16. The third-order valence-electron chi connectivity index (χ3n) is 5.16. The molecule has 3 aromatic rings. The predicted molar refractivity (Wildman–Crippen MR) is 121 cm³/mol. The van der Waals surface area contributed by atoms with Gasteiger partial charge < -0.3 is 10.1 Å². The molecule has 156 valence electrons. The summed E-state index contributed by atoms with van der Waals surface area (Å²) in [4.78, 5) is 12.2. The highest BCUT2D eigenvalue weighted by molar-refractivity contribution is 5.92. The first kappa shape index (κ1) is 21.4. The highest BCUT2D eigenvalue weighted by atomic mass is 16.5.